The number of sulfonamides is 1. The Labute approximate surface area is 162 Å². The van der Waals surface area contributed by atoms with E-state index in [0.717, 1.165) is 5.56 Å². The Morgan fingerprint density at radius 1 is 1.08 bits per heavy atom. The highest BCUT2D eigenvalue weighted by atomic mass is 35.5. The number of hydrogen-bond acceptors (Lipinski definition) is 3. The van der Waals surface area contributed by atoms with E-state index in [0.29, 0.717) is 28.6 Å². The molecule has 136 valence electrons. The molecule has 0 saturated carbocycles. The van der Waals surface area contributed by atoms with Crippen LogP contribution < -0.4 is 4.72 Å². The van der Waals surface area contributed by atoms with Crippen LogP contribution in [-0.4, -0.2) is 18.2 Å². The van der Waals surface area contributed by atoms with E-state index in [1.807, 2.05) is 37.3 Å². The fourth-order valence-corrected chi connectivity index (χ4v) is 4.57. The average molecular weight is 410 g/mol. The smallest absolute Gasteiger partial charge is 0.263 e. The van der Waals surface area contributed by atoms with E-state index in [-0.39, 0.29) is 9.92 Å². The van der Waals surface area contributed by atoms with Gasteiger partial charge in [0, 0.05) is 5.02 Å². The molecule has 26 heavy (non-hydrogen) atoms. The summed E-state index contributed by atoms with van der Waals surface area (Å²) >= 11 is 12.0. The molecule has 1 heterocycles. The maximum absolute atomic E-state index is 12.8. The van der Waals surface area contributed by atoms with E-state index in [1.165, 1.54) is 18.2 Å². The first-order valence-electron chi connectivity index (χ1n) is 7.84. The van der Waals surface area contributed by atoms with Crippen LogP contribution in [0.3, 0.4) is 0 Å². The molecule has 1 N–H and O–H groups in total. The zero-order valence-corrected chi connectivity index (χ0v) is 16.5. The van der Waals surface area contributed by atoms with Gasteiger partial charge in [0.25, 0.3) is 10.0 Å². The van der Waals surface area contributed by atoms with E-state index >= 15 is 0 Å². The number of nitrogens with zero attached hydrogens (tertiary/aromatic N) is 2. The molecular weight excluding hydrogens is 393 g/mol. The van der Waals surface area contributed by atoms with Gasteiger partial charge in [0.2, 0.25) is 0 Å². The fourth-order valence-electron chi connectivity index (χ4n) is 2.63. The molecule has 0 amide bonds. The third-order valence-corrected chi connectivity index (χ3v) is 6.04. The molecule has 0 spiro atoms. The van der Waals surface area contributed by atoms with Crippen molar-refractivity contribution >= 4 is 38.9 Å². The normalized spacial score (nSPS) is 11.5. The third kappa shape index (κ3) is 3.87. The van der Waals surface area contributed by atoms with Crippen molar-refractivity contribution in [2.75, 3.05) is 4.72 Å². The van der Waals surface area contributed by atoms with Gasteiger partial charge in [-0.3, -0.25) is 9.40 Å². The molecule has 0 fully saturated rings. The molecule has 0 bridgehead atoms. The van der Waals surface area contributed by atoms with E-state index < -0.39 is 10.0 Å². The van der Waals surface area contributed by atoms with Gasteiger partial charge in [-0.1, -0.05) is 53.5 Å². The standard InChI is InChI=1S/C18H17Cl2N3O2S/c1-12-18(13(2)23(21-12)11-14-6-4-3-5-7-14)22-26(24,25)17-10-15(19)8-9-16(17)20/h3-10,22H,11H2,1-2H3. The molecule has 0 aliphatic rings. The third-order valence-electron chi connectivity index (χ3n) is 3.98. The number of nitrogens with one attached hydrogen (secondary N) is 1. The largest absolute Gasteiger partial charge is 0.276 e. The summed E-state index contributed by atoms with van der Waals surface area (Å²) in [7, 11) is -3.89. The zero-order valence-electron chi connectivity index (χ0n) is 14.2. The Bertz CT molecular complexity index is 1050. The van der Waals surface area contributed by atoms with Crippen LogP contribution in [0.5, 0.6) is 0 Å². The van der Waals surface area contributed by atoms with Crippen LogP contribution >= 0.6 is 23.2 Å². The van der Waals surface area contributed by atoms with Crippen molar-refractivity contribution < 1.29 is 8.42 Å². The van der Waals surface area contributed by atoms with Crippen molar-refractivity contribution in [2.24, 2.45) is 0 Å². The lowest BCUT2D eigenvalue weighted by Gasteiger charge is -2.11. The van der Waals surface area contributed by atoms with Gasteiger partial charge in [-0.15, -0.1) is 0 Å². The minimum absolute atomic E-state index is 0.0683. The SMILES string of the molecule is Cc1nn(Cc2ccccc2)c(C)c1NS(=O)(=O)c1cc(Cl)ccc1Cl. The van der Waals surface area contributed by atoms with Gasteiger partial charge in [-0.2, -0.15) is 5.10 Å². The molecule has 0 saturated heterocycles. The Morgan fingerprint density at radius 2 is 1.77 bits per heavy atom. The maximum atomic E-state index is 12.8. The van der Waals surface area contributed by atoms with Crippen molar-refractivity contribution in [1.82, 2.24) is 9.78 Å². The molecular formula is C18H17Cl2N3O2S. The Kier molecular flexibility index (Phi) is 5.27. The lowest BCUT2D eigenvalue weighted by atomic mass is 10.2. The minimum Gasteiger partial charge on any atom is -0.276 e. The van der Waals surface area contributed by atoms with E-state index in [2.05, 4.69) is 9.82 Å². The van der Waals surface area contributed by atoms with E-state index in [4.69, 9.17) is 23.2 Å². The summed E-state index contributed by atoms with van der Waals surface area (Å²) in [4.78, 5) is -0.0683. The molecule has 1 aromatic heterocycles. The second kappa shape index (κ2) is 7.31. The Balaban J connectivity index is 1.94. The van der Waals surface area contributed by atoms with Crippen LogP contribution in [0.1, 0.15) is 17.0 Å². The molecule has 3 aromatic rings. The summed E-state index contributed by atoms with van der Waals surface area (Å²) in [6, 6.07) is 14.1. The van der Waals surface area contributed by atoms with Gasteiger partial charge in [-0.05, 0) is 37.6 Å². The van der Waals surface area contributed by atoms with E-state index in [1.54, 1.807) is 11.6 Å². The second-order valence-electron chi connectivity index (χ2n) is 5.87. The van der Waals surface area contributed by atoms with Crippen LogP contribution in [-0.2, 0) is 16.6 Å². The van der Waals surface area contributed by atoms with Crippen molar-refractivity contribution in [3.63, 3.8) is 0 Å². The molecule has 0 unspecified atom stereocenters. The number of benzene rings is 2. The topological polar surface area (TPSA) is 64.0 Å². The Morgan fingerprint density at radius 3 is 2.46 bits per heavy atom. The first-order chi connectivity index (χ1) is 12.3. The molecule has 0 aliphatic heterocycles. The molecule has 0 radical (unpaired) electrons. The summed E-state index contributed by atoms with van der Waals surface area (Å²) in [6.07, 6.45) is 0. The van der Waals surface area contributed by atoms with Gasteiger partial charge in [0.05, 0.1) is 28.6 Å². The highest BCUT2D eigenvalue weighted by Crippen LogP contribution is 2.29. The van der Waals surface area contributed by atoms with Crippen molar-refractivity contribution in [3.8, 4) is 0 Å². The van der Waals surface area contributed by atoms with Gasteiger partial charge in [0.15, 0.2) is 0 Å². The van der Waals surface area contributed by atoms with E-state index in [9.17, 15) is 8.42 Å². The van der Waals surface area contributed by atoms with Crippen LogP contribution in [0, 0.1) is 13.8 Å². The molecule has 3 rings (SSSR count). The minimum atomic E-state index is -3.89. The molecule has 8 heteroatoms. The fraction of sp³-hybridized carbons (Fsp3) is 0.167. The second-order valence-corrected chi connectivity index (χ2v) is 8.36. The summed E-state index contributed by atoms with van der Waals surface area (Å²) < 4.78 is 29.9. The van der Waals surface area contributed by atoms with Crippen LogP contribution in [0.2, 0.25) is 10.0 Å². The van der Waals surface area contributed by atoms with Crippen molar-refractivity contribution in [1.29, 1.82) is 0 Å². The Hall–Kier alpha value is -2.02. The predicted molar refractivity (Wildman–Crippen MR) is 105 cm³/mol. The summed E-state index contributed by atoms with van der Waals surface area (Å²) in [5, 5.41) is 4.85. The zero-order chi connectivity index (χ0) is 18.9. The molecule has 5 nitrogen and oxygen atoms in total. The number of halogens is 2. The average Bonchev–Trinajstić information content (AvgIpc) is 2.85. The number of aromatic nitrogens is 2. The maximum Gasteiger partial charge on any atom is 0.263 e. The summed E-state index contributed by atoms with van der Waals surface area (Å²) in [5.74, 6) is 0. The van der Waals surface area contributed by atoms with Crippen molar-refractivity contribution in [2.45, 2.75) is 25.3 Å². The van der Waals surface area contributed by atoms with Gasteiger partial charge in [0.1, 0.15) is 4.90 Å². The van der Waals surface area contributed by atoms with Gasteiger partial charge < -0.3 is 0 Å². The molecule has 0 atom stereocenters. The summed E-state index contributed by atoms with van der Waals surface area (Å²) in [6.45, 7) is 4.12. The first kappa shape index (κ1) is 18.8. The number of aryl methyl sites for hydroxylation is 1. The quantitative estimate of drug-likeness (QED) is 0.666. The van der Waals surface area contributed by atoms with Crippen LogP contribution in [0.15, 0.2) is 53.4 Å². The first-order valence-corrected chi connectivity index (χ1v) is 10.1. The monoisotopic (exact) mass is 409 g/mol. The van der Waals surface area contributed by atoms with Gasteiger partial charge in [-0.25, -0.2) is 8.42 Å². The highest BCUT2D eigenvalue weighted by Gasteiger charge is 2.22. The highest BCUT2D eigenvalue weighted by molar-refractivity contribution is 7.92. The lowest BCUT2D eigenvalue weighted by molar-refractivity contribution is 0.601. The molecule has 0 aliphatic carbocycles. The van der Waals surface area contributed by atoms with Crippen LogP contribution in [0.4, 0.5) is 5.69 Å². The number of hydrogen-bond donors (Lipinski definition) is 1. The van der Waals surface area contributed by atoms with Crippen molar-refractivity contribution in [3.05, 3.63) is 75.5 Å². The summed E-state index contributed by atoms with van der Waals surface area (Å²) in [5.41, 5.74) is 2.82. The predicted octanol–water partition coefficient (Wildman–Crippen LogP) is 4.66. The van der Waals surface area contributed by atoms with Gasteiger partial charge >= 0.3 is 0 Å². The molecule has 2 aromatic carbocycles. The van der Waals surface area contributed by atoms with Crippen LogP contribution in [0.25, 0.3) is 0 Å². The number of rotatable bonds is 5. The lowest BCUT2D eigenvalue weighted by Crippen LogP contribution is -2.15. The number of anilines is 1.